The van der Waals surface area contributed by atoms with Crippen molar-refractivity contribution in [3.05, 3.63) is 23.2 Å². The number of rotatable bonds is 7. The van der Waals surface area contributed by atoms with Gasteiger partial charge in [0.15, 0.2) is 0 Å². The molecule has 0 atom stereocenters. The Labute approximate surface area is 122 Å². The summed E-state index contributed by atoms with van der Waals surface area (Å²) in [5.74, 6) is 2.12. The molecule has 0 amide bonds. The third-order valence-corrected chi connectivity index (χ3v) is 4.06. The fourth-order valence-electron chi connectivity index (χ4n) is 2.76. The van der Waals surface area contributed by atoms with Crippen LogP contribution in [0.4, 0.5) is 0 Å². The number of furan rings is 1. The van der Waals surface area contributed by atoms with Crippen LogP contribution in [-0.2, 0) is 17.8 Å². The largest absolute Gasteiger partial charge is 0.465 e. The topological polar surface area (TPSA) is 37.6 Å². The first-order valence-corrected chi connectivity index (χ1v) is 7.77. The van der Waals surface area contributed by atoms with E-state index in [1.54, 1.807) is 0 Å². The number of nitrogens with zero attached hydrogens (tertiary/aromatic N) is 1. The molecule has 4 nitrogen and oxygen atoms in total. The maximum absolute atomic E-state index is 5.83. The van der Waals surface area contributed by atoms with Gasteiger partial charge in [-0.1, -0.05) is 6.92 Å². The molecule has 0 aromatic carbocycles. The second-order valence-corrected chi connectivity index (χ2v) is 5.68. The molecule has 20 heavy (non-hydrogen) atoms. The van der Waals surface area contributed by atoms with Gasteiger partial charge in [0.25, 0.3) is 0 Å². The predicted molar refractivity (Wildman–Crippen MR) is 80.8 cm³/mol. The van der Waals surface area contributed by atoms with Crippen molar-refractivity contribution in [3.63, 3.8) is 0 Å². The van der Waals surface area contributed by atoms with Gasteiger partial charge in [0, 0.05) is 32.3 Å². The number of hydrogen-bond donors (Lipinski definition) is 1. The predicted octanol–water partition coefficient (Wildman–Crippen LogP) is 2.70. The first-order chi connectivity index (χ1) is 9.72. The second kappa shape index (κ2) is 7.81. The number of ether oxygens (including phenoxy) is 1. The van der Waals surface area contributed by atoms with Gasteiger partial charge in [-0.05, 0) is 38.8 Å². The lowest BCUT2D eigenvalue weighted by Crippen LogP contribution is -2.36. The number of aryl methyl sites for hydroxylation is 1. The third-order valence-electron chi connectivity index (χ3n) is 4.06. The lowest BCUT2D eigenvalue weighted by Gasteiger charge is -2.30. The van der Waals surface area contributed by atoms with E-state index >= 15 is 0 Å². The molecule has 114 valence electrons. The van der Waals surface area contributed by atoms with E-state index in [2.05, 4.69) is 30.1 Å². The molecule has 0 saturated carbocycles. The van der Waals surface area contributed by atoms with Crippen molar-refractivity contribution >= 4 is 0 Å². The summed E-state index contributed by atoms with van der Waals surface area (Å²) in [7, 11) is 1.82. The minimum Gasteiger partial charge on any atom is -0.465 e. The molecular weight excluding hydrogens is 252 g/mol. The van der Waals surface area contributed by atoms with Crippen LogP contribution in [0.3, 0.4) is 0 Å². The van der Waals surface area contributed by atoms with Crippen molar-refractivity contribution in [2.75, 3.05) is 26.7 Å². The Morgan fingerprint density at radius 1 is 1.40 bits per heavy atom. The second-order valence-electron chi connectivity index (χ2n) is 5.68. The van der Waals surface area contributed by atoms with Crippen LogP contribution in [0.2, 0.25) is 0 Å². The van der Waals surface area contributed by atoms with Gasteiger partial charge in [0.05, 0.1) is 12.6 Å². The first-order valence-electron chi connectivity index (χ1n) is 7.77. The molecule has 1 aromatic heterocycles. The molecule has 0 radical (unpaired) electrons. The minimum atomic E-state index is 0.450. The van der Waals surface area contributed by atoms with E-state index in [1.165, 1.54) is 5.56 Å². The van der Waals surface area contributed by atoms with E-state index in [4.69, 9.17) is 9.15 Å². The zero-order valence-electron chi connectivity index (χ0n) is 13.1. The lowest BCUT2D eigenvalue weighted by molar-refractivity contribution is 0.0387. The van der Waals surface area contributed by atoms with Crippen molar-refractivity contribution in [1.82, 2.24) is 10.2 Å². The van der Waals surface area contributed by atoms with E-state index in [-0.39, 0.29) is 0 Å². The van der Waals surface area contributed by atoms with Gasteiger partial charge >= 0.3 is 0 Å². The average Bonchev–Trinajstić information content (AvgIpc) is 2.80. The average molecular weight is 280 g/mol. The molecule has 4 heteroatoms. The van der Waals surface area contributed by atoms with Gasteiger partial charge in [0.2, 0.25) is 0 Å². The smallest absolute Gasteiger partial charge is 0.118 e. The molecular formula is C16H28N2O2. The molecule has 0 spiro atoms. The summed E-state index contributed by atoms with van der Waals surface area (Å²) in [5.41, 5.74) is 1.33. The monoisotopic (exact) mass is 280 g/mol. The summed E-state index contributed by atoms with van der Waals surface area (Å²) in [4.78, 5) is 2.50. The number of hydrogen-bond acceptors (Lipinski definition) is 4. The molecule has 2 heterocycles. The molecule has 1 aliphatic rings. The highest BCUT2D eigenvalue weighted by Crippen LogP contribution is 2.20. The van der Waals surface area contributed by atoms with Crippen LogP contribution in [-0.4, -0.2) is 37.7 Å². The number of piperidine rings is 1. The van der Waals surface area contributed by atoms with Crippen LogP contribution >= 0.6 is 0 Å². The molecule has 2 rings (SSSR count). The molecule has 0 bridgehead atoms. The fourth-order valence-corrected chi connectivity index (χ4v) is 2.76. The Kier molecular flexibility index (Phi) is 6.07. The summed E-state index contributed by atoms with van der Waals surface area (Å²) in [5, 5.41) is 3.39. The van der Waals surface area contributed by atoms with E-state index in [1.807, 2.05) is 7.11 Å². The molecule has 0 unspecified atom stereocenters. The first kappa shape index (κ1) is 15.5. The Bertz CT molecular complexity index is 395. The summed E-state index contributed by atoms with van der Waals surface area (Å²) in [6.45, 7) is 9.36. The van der Waals surface area contributed by atoms with Crippen LogP contribution < -0.4 is 5.32 Å². The van der Waals surface area contributed by atoms with Crippen molar-refractivity contribution < 1.29 is 9.15 Å². The van der Waals surface area contributed by atoms with Gasteiger partial charge in [-0.25, -0.2) is 0 Å². The normalized spacial score (nSPS) is 17.8. The fraction of sp³-hybridized carbons (Fsp3) is 0.750. The van der Waals surface area contributed by atoms with Gasteiger partial charge in [-0.2, -0.15) is 0 Å². The lowest BCUT2D eigenvalue weighted by atomic mass is 10.1. The van der Waals surface area contributed by atoms with Crippen molar-refractivity contribution in [2.45, 2.75) is 52.3 Å². The van der Waals surface area contributed by atoms with Crippen molar-refractivity contribution in [3.8, 4) is 0 Å². The number of likely N-dealkylation sites (tertiary alicyclic amines) is 1. The highest BCUT2D eigenvalue weighted by atomic mass is 16.5. The zero-order chi connectivity index (χ0) is 14.4. The maximum Gasteiger partial charge on any atom is 0.118 e. The van der Waals surface area contributed by atoms with Crippen LogP contribution in [0.15, 0.2) is 10.5 Å². The maximum atomic E-state index is 5.83. The van der Waals surface area contributed by atoms with Crippen LogP contribution in [0, 0.1) is 6.92 Å². The standard InChI is InChI=1S/C16H28N2O2/c1-4-7-17-11-16-10-14(13(2)20-16)12-18-8-5-15(19-3)6-9-18/h10,15,17H,4-9,11-12H2,1-3H3. The quantitative estimate of drug-likeness (QED) is 0.779. The Balaban J connectivity index is 1.83. The minimum absolute atomic E-state index is 0.450. The third kappa shape index (κ3) is 4.33. The Hall–Kier alpha value is -0.840. The van der Waals surface area contributed by atoms with Crippen LogP contribution in [0.25, 0.3) is 0 Å². The van der Waals surface area contributed by atoms with Crippen molar-refractivity contribution in [2.24, 2.45) is 0 Å². The Morgan fingerprint density at radius 2 is 2.15 bits per heavy atom. The SMILES string of the molecule is CCCNCc1cc(CN2CCC(OC)CC2)c(C)o1. The van der Waals surface area contributed by atoms with Gasteiger partial charge < -0.3 is 14.5 Å². The van der Waals surface area contributed by atoms with E-state index in [0.717, 1.165) is 63.5 Å². The van der Waals surface area contributed by atoms with E-state index < -0.39 is 0 Å². The highest BCUT2D eigenvalue weighted by Gasteiger charge is 2.20. The molecule has 1 aromatic rings. The van der Waals surface area contributed by atoms with E-state index in [0.29, 0.717) is 6.10 Å². The highest BCUT2D eigenvalue weighted by molar-refractivity contribution is 5.20. The van der Waals surface area contributed by atoms with Gasteiger partial charge in [-0.15, -0.1) is 0 Å². The summed E-state index contributed by atoms with van der Waals surface area (Å²) in [6.07, 6.45) is 3.88. The molecule has 1 saturated heterocycles. The van der Waals surface area contributed by atoms with Gasteiger partial charge in [-0.3, -0.25) is 4.90 Å². The number of nitrogens with one attached hydrogen (secondary N) is 1. The van der Waals surface area contributed by atoms with E-state index in [9.17, 15) is 0 Å². The summed E-state index contributed by atoms with van der Waals surface area (Å²) < 4.78 is 11.3. The van der Waals surface area contributed by atoms with Crippen LogP contribution in [0.5, 0.6) is 0 Å². The molecule has 1 fully saturated rings. The summed E-state index contributed by atoms with van der Waals surface area (Å²) >= 11 is 0. The molecule has 1 N–H and O–H groups in total. The van der Waals surface area contributed by atoms with Gasteiger partial charge in [0.1, 0.15) is 11.5 Å². The van der Waals surface area contributed by atoms with Crippen LogP contribution in [0.1, 0.15) is 43.3 Å². The Morgan fingerprint density at radius 3 is 2.80 bits per heavy atom. The summed E-state index contributed by atoms with van der Waals surface area (Å²) in [6, 6.07) is 2.21. The molecule has 0 aliphatic carbocycles. The zero-order valence-corrected chi connectivity index (χ0v) is 13.1. The van der Waals surface area contributed by atoms with Crippen molar-refractivity contribution in [1.29, 1.82) is 0 Å². The number of methoxy groups -OCH3 is 1. The molecule has 1 aliphatic heterocycles.